The van der Waals surface area contributed by atoms with Crippen LogP contribution in [0.25, 0.3) is 11.0 Å². The Morgan fingerprint density at radius 1 is 1.24 bits per heavy atom. The second kappa shape index (κ2) is 8.75. The molecule has 33 heavy (non-hydrogen) atoms. The van der Waals surface area contributed by atoms with Crippen LogP contribution in [0.3, 0.4) is 0 Å². The molecule has 1 unspecified atom stereocenters. The first-order valence-corrected chi connectivity index (χ1v) is 11.4. The molecule has 4 heterocycles. The second-order valence-corrected chi connectivity index (χ2v) is 9.12. The zero-order valence-electron chi connectivity index (χ0n) is 18.2. The van der Waals surface area contributed by atoms with E-state index in [2.05, 4.69) is 35.7 Å². The summed E-state index contributed by atoms with van der Waals surface area (Å²) in [5.41, 5.74) is 3.17. The van der Waals surface area contributed by atoms with E-state index in [1.807, 2.05) is 19.2 Å². The van der Waals surface area contributed by atoms with Crippen LogP contribution in [0.5, 0.6) is 5.88 Å². The fourth-order valence-corrected chi connectivity index (χ4v) is 4.49. The van der Waals surface area contributed by atoms with Gasteiger partial charge < -0.3 is 14.4 Å². The number of anilines is 2. The lowest BCUT2D eigenvalue weighted by atomic mass is 10.1. The van der Waals surface area contributed by atoms with Crippen molar-refractivity contribution in [3.8, 4) is 5.88 Å². The van der Waals surface area contributed by atoms with Crippen LogP contribution in [0, 0.1) is 5.82 Å². The molecule has 2 aliphatic rings. The van der Waals surface area contributed by atoms with Crippen LogP contribution in [0.1, 0.15) is 0 Å². The fraction of sp³-hybridized carbons (Fsp3) is 0.348. The number of rotatable bonds is 6. The molecule has 1 aromatic carbocycles. The van der Waals surface area contributed by atoms with Gasteiger partial charge in [0.1, 0.15) is 17.4 Å². The maximum atomic E-state index is 13.9. The first-order chi connectivity index (χ1) is 15.9. The van der Waals surface area contributed by atoms with Gasteiger partial charge in [-0.1, -0.05) is 0 Å². The van der Waals surface area contributed by atoms with Crippen molar-refractivity contribution in [2.45, 2.75) is 12.1 Å². The number of likely N-dealkylation sites (N-methyl/N-ethyl adjacent to an activating group) is 1. The molecule has 0 spiro atoms. The maximum Gasteiger partial charge on any atom is 0.414 e. The molecule has 2 aromatic heterocycles. The topological polar surface area (TPSA) is 71.0 Å². The van der Waals surface area contributed by atoms with E-state index < -0.39 is 11.9 Å². The molecule has 1 atom stereocenters. The number of aromatic nitrogens is 2. The molecule has 0 bridgehead atoms. The Hall–Kier alpha value is -2.98. The Balaban J connectivity index is 1.21. The number of cyclic esters (lactones) is 1. The number of hydrogen-bond donors (Lipinski definition) is 0. The number of benzene rings is 1. The SMILES string of the molecule is COc1ccc2nccc(N3CC(N(C)CC4CN(c5ccc(Br)c(F)c5)C(=O)O4)C3)c2n1. The molecular weight excluding hydrogens is 493 g/mol. The minimum atomic E-state index is -0.450. The summed E-state index contributed by atoms with van der Waals surface area (Å²) < 4.78 is 25.1. The lowest BCUT2D eigenvalue weighted by Gasteiger charge is -2.45. The number of hydrogen-bond acceptors (Lipinski definition) is 7. The van der Waals surface area contributed by atoms with E-state index in [0.717, 1.165) is 29.8 Å². The molecule has 2 saturated heterocycles. The van der Waals surface area contributed by atoms with Crippen molar-refractivity contribution in [3.05, 3.63) is 52.9 Å². The molecule has 172 valence electrons. The first-order valence-electron chi connectivity index (χ1n) is 10.6. The van der Waals surface area contributed by atoms with E-state index in [1.165, 1.54) is 11.0 Å². The van der Waals surface area contributed by atoms with Crippen LogP contribution >= 0.6 is 15.9 Å². The predicted molar refractivity (Wildman–Crippen MR) is 126 cm³/mol. The Morgan fingerprint density at radius 2 is 2.06 bits per heavy atom. The fourth-order valence-electron chi connectivity index (χ4n) is 4.24. The monoisotopic (exact) mass is 515 g/mol. The number of amides is 1. The third-order valence-electron chi connectivity index (χ3n) is 6.15. The average Bonchev–Trinajstić information content (AvgIpc) is 3.14. The van der Waals surface area contributed by atoms with E-state index in [0.29, 0.717) is 35.2 Å². The van der Waals surface area contributed by atoms with E-state index in [9.17, 15) is 9.18 Å². The molecule has 5 rings (SSSR count). The Labute approximate surface area is 199 Å². The van der Waals surface area contributed by atoms with E-state index >= 15 is 0 Å². The molecule has 2 aliphatic heterocycles. The van der Waals surface area contributed by atoms with E-state index in [4.69, 9.17) is 9.47 Å². The van der Waals surface area contributed by atoms with Crippen molar-refractivity contribution in [2.75, 3.05) is 50.1 Å². The summed E-state index contributed by atoms with van der Waals surface area (Å²) in [6.45, 7) is 2.65. The van der Waals surface area contributed by atoms with Crippen molar-refractivity contribution in [1.29, 1.82) is 0 Å². The number of halogens is 2. The van der Waals surface area contributed by atoms with Gasteiger partial charge in [-0.15, -0.1) is 0 Å². The molecule has 10 heteroatoms. The number of pyridine rings is 2. The van der Waals surface area contributed by atoms with E-state index in [-0.39, 0.29) is 6.10 Å². The average molecular weight is 516 g/mol. The Morgan fingerprint density at radius 3 is 2.82 bits per heavy atom. The van der Waals surface area contributed by atoms with Gasteiger partial charge in [0.05, 0.1) is 35.0 Å². The predicted octanol–water partition coefficient (Wildman–Crippen LogP) is 3.69. The van der Waals surface area contributed by atoms with Crippen LogP contribution in [0.4, 0.5) is 20.6 Å². The quantitative estimate of drug-likeness (QED) is 0.495. The van der Waals surface area contributed by atoms with Crippen LogP contribution < -0.4 is 14.5 Å². The van der Waals surface area contributed by atoms with Gasteiger partial charge in [-0.05, 0) is 53.3 Å². The second-order valence-electron chi connectivity index (χ2n) is 8.26. The Bertz CT molecular complexity index is 1210. The lowest BCUT2D eigenvalue weighted by molar-refractivity contribution is 0.0957. The maximum absolute atomic E-state index is 13.9. The summed E-state index contributed by atoms with van der Waals surface area (Å²) in [6.07, 6.45) is 1.06. The zero-order valence-corrected chi connectivity index (χ0v) is 19.8. The summed E-state index contributed by atoms with van der Waals surface area (Å²) in [5.74, 6) is 0.148. The summed E-state index contributed by atoms with van der Waals surface area (Å²) in [7, 11) is 3.63. The summed E-state index contributed by atoms with van der Waals surface area (Å²) in [6, 6.07) is 10.6. The smallest absolute Gasteiger partial charge is 0.414 e. The highest BCUT2D eigenvalue weighted by molar-refractivity contribution is 9.10. The molecule has 2 fully saturated rings. The van der Waals surface area contributed by atoms with Crippen LogP contribution in [-0.2, 0) is 4.74 Å². The molecular formula is C23H23BrFN5O3. The molecule has 0 aliphatic carbocycles. The van der Waals surface area contributed by atoms with Gasteiger partial charge in [-0.25, -0.2) is 14.2 Å². The van der Waals surface area contributed by atoms with E-state index in [1.54, 1.807) is 31.5 Å². The normalized spacial score (nSPS) is 18.7. The number of carbonyl (C=O) groups is 1. The summed E-state index contributed by atoms with van der Waals surface area (Å²) >= 11 is 3.14. The first kappa shape index (κ1) is 21.8. The van der Waals surface area contributed by atoms with Crippen molar-refractivity contribution in [2.24, 2.45) is 0 Å². The number of methoxy groups -OCH3 is 1. The molecule has 1 amide bonds. The minimum Gasteiger partial charge on any atom is -0.481 e. The van der Waals surface area contributed by atoms with Gasteiger partial charge in [0.2, 0.25) is 5.88 Å². The van der Waals surface area contributed by atoms with Crippen molar-refractivity contribution in [3.63, 3.8) is 0 Å². The highest BCUT2D eigenvalue weighted by Crippen LogP contribution is 2.31. The molecule has 0 radical (unpaired) electrons. The number of ether oxygens (including phenoxy) is 2. The number of nitrogens with zero attached hydrogens (tertiary/aromatic N) is 5. The van der Waals surface area contributed by atoms with Gasteiger partial charge in [0.15, 0.2) is 0 Å². The largest absolute Gasteiger partial charge is 0.481 e. The van der Waals surface area contributed by atoms with Crippen LogP contribution in [-0.4, -0.2) is 73.4 Å². The standard InChI is InChI=1S/C23H23BrFN5O3/c1-28(12-16-13-30(23(31)33-16)14-3-4-17(24)18(25)9-14)15-10-29(11-15)20-7-8-26-19-5-6-21(32-2)27-22(19)20/h3-9,15-16H,10-13H2,1-2H3. The number of fused-ring (bicyclic) bond motifs is 1. The minimum absolute atomic E-state index is 0.282. The van der Waals surface area contributed by atoms with Gasteiger partial charge in [0.25, 0.3) is 0 Å². The van der Waals surface area contributed by atoms with Crippen molar-refractivity contribution < 1.29 is 18.7 Å². The summed E-state index contributed by atoms with van der Waals surface area (Å²) in [4.78, 5) is 27.3. The molecule has 0 saturated carbocycles. The van der Waals surface area contributed by atoms with Gasteiger partial charge in [0, 0.05) is 37.9 Å². The van der Waals surface area contributed by atoms with Crippen LogP contribution in [0.15, 0.2) is 47.1 Å². The van der Waals surface area contributed by atoms with Crippen LogP contribution in [0.2, 0.25) is 0 Å². The third-order valence-corrected chi connectivity index (χ3v) is 6.80. The summed E-state index contributed by atoms with van der Waals surface area (Å²) in [5, 5.41) is 0. The molecule has 8 nitrogen and oxygen atoms in total. The number of carbonyl (C=O) groups excluding carboxylic acids is 1. The molecule has 3 aromatic rings. The third kappa shape index (κ3) is 4.20. The zero-order chi connectivity index (χ0) is 23.1. The van der Waals surface area contributed by atoms with Crippen molar-refractivity contribution in [1.82, 2.24) is 14.9 Å². The van der Waals surface area contributed by atoms with Crippen molar-refractivity contribution >= 4 is 44.4 Å². The van der Waals surface area contributed by atoms with Gasteiger partial charge in [-0.3, -0.25) is 14.8 Å². The van der Waals surface area contributed by atoms with Gasteiger partial charge >= 0.3 is 6.09 Å². The molecule has 0 N–H and O–H groups in total. The lowest BCUT2D eigenvalue weighted by Crippen LogP contribution is -2.59. The Kier molecular flexibility index (Phi) is 5.79. The highest BCUT2D eigenvalue weighted by atomic mass is 79.9. The van der Waals surface area contributed by atoms with Gasteiger partial charge in [-0.2, -0.15) is 0 Å². The highest BCUT2D eigenvalue weighted by Gasteiger charge is 2.37.